The number of furan rings is 1. The van der Waals surface area contributed by atoms with Crippen LogP contribution in [0.3, 0.4) is 0 Å². The van der Waals surface area contributed by atoms with Gasteiger partial charge in [-0.2, -0.15) is 10.2 Å². The number of anilines is 1. The quantitative estimate of drug-likeness (QED) is 0.304. The first-order valence-corrected chi connectivity index (χ1v) is 11.1. The van der Waals surface area contributed by atoms with E-state index in [2.05, 4.69) is 11.1 Å². The molecule has 0 bridgehead atoms. The standard InChI is InChI=1S/C26H21N3O6/c1-32-26(31)19-13-17-5-2-3-6-18(17)14-22(19)34-25(30)16-8-10-29(11-9-16)24-20(15-27)28-23(35-24)21-7-4-12-33-21/h2-7,12-14,16H,8-11H2,1H3. The van der Waals surface area contributed by atoms with Crippen molar-refractivity contribution in [2.45, 2.75) is 12.8 Å². The second-order valence-electron chi connectivity index (χ2n) is 8.13. The SMILES string of the molecule is COC(=O)c1cc2ccccc2cc1OC(=O)C1CCN(c2oc(-c3ccco3)nc2C#N)CC1. The van der Waals surface area contributed by atoms with E-state index in [1.807, 2.05) is 29.2 Å². The van der Waals surface area contributed by atoms with Crippen molar-refractivity contribution in [3.8, 4) is 23.5 Å². The number of methoxy groups -OCH3 is 1. The van der Waals surface area contributed by atoms with Crippen LogP contribution in [0.2, 0.25) is 0 Å². The van der Waals surface area contributed by atoms with Gasteiger partial charge in [0, 0.05) is 13.1 Å². The molecule has 9 nitrogen and oxygen atoms in total. The van der Waals surface area contributed by atoms with E-state index in [9.17, 15) is 14.9 Å². The molecule has 4 aromatic rings. The zero-order valence-corrected chi connectivity index (χ0v) is 18.9. The Morgan fingerprint density at radius 1 is 1.11 bits per heavy atom. The fourth-order valence-electron chi connectivity index (χ4n) is 4.19. The van der Waals surface area contributed by atoms with Crippen molar-refractivity contribution >= 4 is 28.6 Å². The van der Waals surface area contributed by atoms with E-state index in [1.165, 1.54) is 13.4 Å². The Kier molecular flexibility index (Phi) is 5.94. The highest BCUT2D eigenvalue weighted by Gasteiger charge is 2.31. The van der Waals surface area contributed by atoms with Gasteiger partial charge < -0.3 is 23.2 Å². The van der Waals surface area contributed by atoms with E-state index in [4.69, 9.17) is 18.3 Å². The third-order valence-electron chi connectivity index (χ3n) is 6.03. The number of hydrogen-bond acceptors (Lipinski definition) is 9. The minimum absolute atomic E-state index is 0.163. The molecular formula is C26H21N3O6. The second kappa shape index (κ2) is 9.35. The van der Waals surface area contributed by atoms with Crippen LogP contribution in [0.5, 0.6) is 5.75 Å². The third kappa shape index (κ3) is 4.34. The lowest BCUT2D eigenvalue weighted by Gasteiger charge is -2.30. The van der Waals surface area contributed by atoms with Crippen LogP contribution in [-0.2, 0) is 9.53 Å². The largest absolute Gasteiger partial charge is 0.465 e. The molecule has 1 fully saturated rings. The monoisotopic (exact) mass is 471 g/mol. The Hall–Kier alpha value is -4.58. The molecule has 3 heterocycles. The van der Waals surface area contributed by atoms with Gasteiger partial charge in [0.15, 0.2) is 5.76 Å². The van der Waals surface area contributed by atoms with E-state index >= 15 is 0 Å². The number of nitriles is 1. The Morgan fingerprint density at radius 3 is 2.51 bits per heavy atom. The predicted octanol–water partition coefficient (Wildman–Crippen LogP) is 4.57. The Balaban J connectivity index is 1.30. The first-order valence-electron chi connectivity index (χ1n) is 11.1. The number of benzene rings is 2. The predicted molar refractivity (Wildman–Crippen MR) is 125 cm³/mol. The molecule has 1 aliphatic heterocycles. The maximum atomic E-state index is 13.0. The summed E-state index contributed by atoms with van der Waals surface area (Å²) < 4.78 is 21.7. The molecule has 35 heavy (non-hydrogen) atoms. The van der Waals surface area contributed by atoms with Gasteiger partial charge in [-0.25, -0.2) is 4.79 Å². The van der Waals surface area contributed by atoms with Gasteiger partial charge in [0.05, 0.1) is 19.3 Å². The van der Waals surface area contributed by atoms with E-state index in [1.54, 1.807) is 24.3 Å². The van der Waals surface area contributed by atoms with E-state index in [0.717, 1.165) is 10.8 Å². The van der Waals surface area contributed by atoms with Gasteiger partial charge in [-0.1, -0.05) is 24.3 Å². The number of esters is 2. The molecule has 9 heteroatoms. The van der Waals surface area contributed by atoms with Crippen LogP contribution in [0.4, 0.5) is 5.88 Å². The molecule has 0 spiro atoms. The lowest BCUT2D eigenvalue weighted by atomic mass is 9.97. The molecule has 0 radical (unpaired) electrons. The van der Waals surface area contributed by atoms with E-state index < -0.39 is 11.9 Å². The summed E-state index contributed by atoms with van der Waals surface area (Å²) >= 11 is 0. The van der Waals surface area contributed by atoms with Gasteiger partial charge >= 0.3 is 11.9 Å². The zero-order chi connectivity index (χ0) is 24.4. The van der Waals surface area contributed by atoms with Crippen LogP contribution in [0, 0.1) is 17.2 Å². The van der Waals surface area contributed by atoms with Gasteiger partial charge in [-0.05, 0) is 47.9 Å². The number of rotatable bonds is 5. The maximum absolute atomic E-state index is 13.0. The Labute approximate surface area is 200 Å². The number of aromatic nitrogens is 1. The van der Waals surface area contributed by atoms with Crippen molar-refractivity contribution < 1.29 is 27.9 Å². The maximum Gasteiger partial charge on any atom is 0.341 e. The van der Waals surface area contributed by atoms with Crippen LogP contribution in [0.25, 0.3) is 22.4 Å². The zero-order valence-electron chi connectivity index (χ0n) is 18.9. The van der Waals surface area contributed by atoms with Gasteiger partial charge in [0.2, 0.25) is 11.6 Å². The van der Waals surface area contributed by atoms with Crippen molar-refractivity contribution in [2.24, 2.45) is 5.92 Å². The molecule has 2 aromatic heterocycles. The number of fused-ring (bicyclic) bond motifs is 1. The second-order valence-corrected chi connectivity index (χ2v) is 8.13. The van der Waals surface area contributed by atoms with Crippen molar-refractivity contribution in [1.29, 1.82) is 5.26 Å². The average molecular weight is 471 g/mol. The number of hydrogen-bond donors (Lipinski definition) is 0. The topological polar surface area (TPSA) is 119 Å². The van der Waals surface area contributed by atoms with E-state index in [0.29, 0.717) is 37.6 Å². The van der Waals surface area contributed by atoms with Crippen LogP contribution < -0.4 is 9.64 Å². The summed E-state index contributed by atoms with van der Waals surface area (Å²) in [7, 11) is 1.29. The third-order valence-corrected chi connectivity index (χ3v) is 6.03. The molecule has 5 rings (SSSR count). The minimum Gasteiger partial charge on any atom is -0.465 e. The minimum atomic E-state index is -0.574. The van der Waals surface area contributed by atoms with Gasteiger partial charge in [0.1, 0.15) is 17.4 Å². The summed E-state index contributed by atoms with van der Waals surface area (Å²) in [6.07, 6.45) is 2.48. The number of carbonyl (C=O) groups excluding carboxylic acids is 2. The van der Waals surface area contributed by atoms with Crippen molar-refractivity contribution in [3.63, 3.8) is 0 Å². The fourth-order valence-corrected chi connectivity index (χ4v) is 4.19. The number of piperidine rings is 1. The summed E-state index contributed by atoms with van der Waals surface area (Å²) in [4.78, 5) is 31.4. The van der Waals surface area contributed by atoms with Crippen LogP contribution in [0.15, 0.2) is 63.6 Å². The smallest absolute Gasteiger partial charge is 0.341 e. The highest BCUT2D eigenvalue weighted by Crippen LogP contribution is 2.33. The molecule has 1 aliphatic rings. The summed E-state index contributed by atoms with van der Waals surface area (Å²) in [5.74, 6) is -0.172. The summed E-state index contributed by atoms with van der Waals surface area (Å²) in [6, 6.07) is 16.3. The molecule has 0 aliphatic carbocycles. The molecule has 0 atom stereocenters. The first-order chi connectivity index (χ1) is 17.1. The molecule has 0 amide bonds. The van der Waals surface area contributed by atoms with Crippen LogP contribution >= 0.6 is 0 Å². The summed E-state index contributed by atoms with van der Waals surface area (Å²) in [5.41, 5.74) is 0.360. The molecule has 2 aromatic carbocycles. The normalized spacial score (nSPS) is 14.0. The van der Waals surface area contributed by atoms with Gasteiger partial charge in [-0.15, -0.1) is 0 Å². The first kappa shape index (κ1) is 22.2. The van der Waals surface area contributed by atoms with Crippen LogP contribution in [-0.4, -0.2) is 37.1 Å². The molecule has 1 saturated heterocycles. The molecule has 0 N–H and O–H groups in total. The lowest BCUT2D eigenvalue weighted by Crippen LogP contribution is -2.38. The average Bonchev–Trinajstić information content (AvgIpc) is 3.58. The molecule has 176 valence electrons. The van der Waals surface area contributed by atoms with Crippen molar-refractivity contribution in [2.75, 3.05) is 25.1 Å². The van der Waals surface area contributed by atoms with Crippen LogP contribution in [0.1, 0.15) is 28.9 Å². The molecule has 0 saturated carbocycles. The highest BCUT2D eigenvalue weighted by molar-refractivity contribution is 5.99. The Bertz CT molecular complexity index is 1430. The molecule has 0 unspecified atom stereocenters. The Morgan fingerprint density at radius 2 is 1.86 bits per heavy atom. The summed E-state index contributed by atoms with van der Waals surface area (Å²) in [6.45, 7) is 0.950. The fraction of sp³-hybridized carbons (Fsp3) is 0.231. The van der Waals surface area contributed by atoms with Crippen molar-refractivity contribution in [3.05, 3.63) is 66.1 Å². The summed E-state index contributed by atoms with van der Waals surface area (Å²) in [5, 5.41) is 11.2. The number of ether oxygens (including phenoxy) is 2. The van der Waals surface area contributed by atoms with Gasteiger partial charge in [-0.3, -0.25) is 4.79 Å². The number of carbonyl (C=O) groups is 2. The lowest BCUT2D eigenvalue weighted by molar-refractivity contribution is -0.139. The van der Waals surface area contributed by atoms with Gasteiger partial charge in [0.25, 0.3) is 5.89 Å². The molecular weight excluding hydrogens is 450 g/mol. The highest BCUT2D eigenvalue weighted by atomic mass is 16.5. The number of oxazole rings is 1. The van der Waals surface area contributed by atoms with Crippen molar-refractivity contribution in [1.82, 2.24) is 4.98 Å². The number of nitrogens with zero attached hydrogens (tertiary/aromatic N) is 3. The van der Waals surface area contributed by atoms with E-state index in [-0.39, 0.29) is 28.8 Å².